The summed E-state index contributed by atoms with van der Waals surface area (Å²) in [6.45, 7) is 4.93. The van der Waals surface area contributed by atoms with Gasteiger partial charge in [-0.2, -0.15) is 0 Å². The zero-order valence-corrected chi connectivity index (χ0v) is 11.1. The average Bonchev–Trinajstić information content (AvgIpc) is 2.94. The van der Waals surface area contributed by atoms with Gasteiger partial charge in [-0.05, 0) is 50.3 Å². The zero-order valence-electron chi connectivity index (χ0n) is 11.1. The highest BCUT2D eigenvalue weighted by Gasteiger charge is 2.28. The predicted molar refractivity (Wildman–Crippen MR) is 75.5 cm³/mol. The summed E-state index contributed by atoms with van der Waals surface area (Å²) in [6, 6.07) is 11.7. The van der Waals surface area contributed by atoms with E-state index >= 15 is 0 Å². The largest absolute Gasteiger partial charge is 0.314 e. The Morgan fingerprint density at radius 1 is 1.11 bits per heavy atom. The summed E-state index contributed by atoms with van der Waals surface area (Å²) in [4.78, 5) is 2.64. The Hall–Kier alpha value is -0.860. The van der Waals surface area contributed by atoms with Crippen molar-refractivity contribution in [2.45, 2.75) is 38.3 Å². The van der Waals surface area contributed by atoms with Crippen LogP contribution < -0.4 is 5.32 Å². The molecule has 0 radical (unpaired) electrons. The normalized spacial score (nSPS) is 29.6. The molecule has 2 heteroatoms. The van der Waals surface area contributed by atoms with Crippen LogP contribution in [0.25, 0.3) is 0 Å². The molecule has 1 aromatic rings. The topological polar surface area (TPSA) is 15.3 Å². The molecule has 0 unspecified atom stereocenters. The standard InChI is InChI=1S/C16H24N2/c1-2-6-14(7-3-1)12-18-11-5-8-15(13-18)16-9-4-10-17-16/h1-3,6-7,15-17H,4-5,8-13H2/t15-,16+/m1/s1. The van der Waals surface area contributed by atoms with Crippen LogP contribution in [-0.4, -0.2) is 30.6 Å². The number of rotatable bonds is 3. The maximum Gasteiger partial charge on any atom is 0.0233 e. The Bertz CT molecular complexity index is 357. The minimum Gasteiger partial charge on any atom is -0.314 e. The Morgan fingerprint density at radius 2 is 2.00 bits per heavy atom. The van der Waals surface area contributed by atoms with Crippen LogP contribution in [0.5, 0.6) is 0 Å². The molecule has 2 aliphatic rings. The molecule has 2 saturated heterocycles. The van der Waals surface area contributed by atoms with Gasteiger partial charge in [0, 0.05) is 19.1 Å². The molecule has 0 saturated carbocycles. The Labute approximate surface area is 110 Å². The number of hydrogen-bond acceptors (Lipinski definition) is 2. The number of benzene rings is 1. The third kappa shape index (κ3) is 2.93. The van der Waals surface area contributed by atoms with Crippen molar-refractivity contribution in [1.29, 1.82) is 0 Å². The summed E-state index contributed by atoms with van der Waals surface area (Å²) in [5, 5.41) is 3.68. The van der Waals surface area contributed by atoms with Gasteiger partial charge in [0.25, 0.3) is 0 Å². The van der Waals surface area contributed by atoms with Crippen LogP contribution in [0.4, 0.5) is 0 Å². The summed E-state index contributed by atoms with van der Waals surface area (Å²) < 4.78 is 0. The van der Waals surface area contributed by atoms with Crippen LogP contribution in [0, 0.1) is 5.92 Å². The second-order valence-electron chi connectivity index (χ2n) is 5.83. The lowest BCUT2D eigenvalue weighted by Crippen LogP contribution is -2.43. The van der Waals surface area contributed by atoms with Gasteiger partial charge >= 0.3 is 0 Å². The highest BCUT2D eigenvalue weighted by Crippen LogP contribution is 2.25. The first-order chi connectivity index (χ1) is 8.92. The maximum absolute atomic E-state index is 3.68. The molecule has 2 fully saturated rings. The first-order valence-electron chi connectivity index (χ1n) is 7.41. The van der Waals surface area contributed by atoms with Crippen molar-refractivity contribution in [3.05, 3.63) is 35.9 Å². The van der Waals surface area contributed by atoms with Gasteiger partial charge in [-0.3, -0.25) is 4.90 Å². The van der Waals surface area contributed by atoms with Gasteiger partial charge in [0.1, 0.15) is 0 Å². The minimum absolute atomic E-state index is 0.795. The number of nitrogens with zero attached hydrogens (tertiary/aromatic N) is 1. The third-order valence-corrected chi connectivity index (χ3v) is 4.46. The van der Waals surface area contributed by atoms with Crippen LogP contribution >= 0.6 is 0 Å². The summed E-state index contributed by atoms with van der Waals surface area (Å²) in [7, 11) is 0. The molecule has 1 aromatic carbocycles. The Morgan fingerprint density at radius 3 is 2.78 bits per heavy atom. The molecule has 1 N–H and O–H groups in total. The van der Waals surface area contributed by atoms with Crippen molar-refractivity contribution in [3.8, 4) is 0 Å². The molecule has 0 spiro atoms. The van der Waals surface area contributed by atoms with Crippen LogP contribution in [0.1, 0.15) is 31.2 Å². The fourth-order valence-corrected chi connectivity index (χ4v) is 3.52. The van der Waals surface area contributed by atoms with E-state index in [0.29, 0.717) is 0 Å². The molecule has 2 aliphatic heterocycles. The number of likely N-dealkylation sites (tertiary alicyclic amines) is 1. The monoisotopic (exact) mass is 244 g/mol. The molecule has 0 aliphatic carbocycles. The third-order valence-electron chi connectivity index (χ3n) is 4.46. The van der Waals surface area contributed by atoms with Gasteiger partial charge in [-0.1, -0.05) is 30.3 Å². The fraction of sp³-hybridized carbons (Fsp3) is 0.625. The van der Waals surface area contributed by atoms with Crippen molar-refractivity contribution in [1.82, 2.24) is 10.2 Å². The summed E-state index contributed by atoms with van der Waals surface area (Å²) >= 11 is 0. The SMILES string of the molecule is c1ccc(CN2CCC[C@@H]([C@@H]3CCCN3)C2)cc1. The van der Waals surface area contributed by atoms with Gasteiger partial charge in [0.15, 0.2) is 0 Å². The molecule has 2 heterocycles. The van der Waals surface area contributed by atoms with Crippen molar-refractivity contribution >= 4 is 0 Å². The van der Waals surface area contributed by atoms with E-state index in [1.807, 2.05) is 0 Å². The van der Waals surface area contributed by atoms with E-state index in [1.165, 1.54) is 50.9 Å². The molecule has 2 atom stereocenters. The molecule has 0 aromatic heterocycles. The van der Waals surface area contributed by atoms with Crippen molar-refractivity contribution in [3.63, 3.8) is 0 Å². The smallest absolute Gasteiger partial charge is 0.0233 e. The van der Waals surface area contributed by atoms with E-state index in [9.17, 15) is 0 Å². The number of hydrogen-bond donors (Lipinski definition) is 1. The number of piperidine rings is 1. The summed E-state index contributed by atoms with van der Waals surface area (Å²) in [6.07, 6.45) is 5.56. The first-order valence-corrected chi connectivity index (χ1v) is 7.41. The lowest BCUT2D eigenvalue weighted by molar-refractivity contribution is 0.145. The second kappa shape index (κ2) is 5.85. The van der Waals surface area contributed by atoms with E-state index in [0.717, 1.165) is 18.5 Å². The predicted octanol–water partition coefficient (Wildman–Crippen LogP) is 2.65. The Balaban J connectivity index is 1.56. The maximum atomic E-state index is 3.68. The van der Waals surface area contributed by atoms with Crippen LogP contribution in [-0.2, 0) is 6.54 Å². The van der Waals surface area contributed by atoms with Gasteiger partial charge in [0.2, 0.25) is 0 Å². The van der Waals surface area contributed by atoms with E-state index in [1.54, 1.807) is 0 Å². The lowest BCUT2D eigenvalue weighted by atomic mass is 9.89. The van der Waals surface area contributed by atoms with Crippen molar-refractivity contribution < 1.29 is 0 Å². The van der Waals surface area contributed by atoms with Crippen LogP contribution in [0.15, 0.2) is 30.3 Å². The lowest BCUT2D eigenvalue weighted by Gasteiger charge is -2.35. The van der Waals surface area contributed by atoms with Crippen LogP contribution in [0.2, 0.25) is 0 Å². The van der Waals surface area contributed by atoms with E-state index in [-0.39, 0.29) is 0 Å². The fourth-order valence-electron chi connectivity index (χ4n) is 3.52. The zero-order chi connectivity index (χ0) is 12.2. The van der Waals surface area contributed by atoms with Gasteiger partial charge in [-0.15, -0.1) is 0 Å². The quantitative estimate of drug-likeness (QED) is 0.879. The van der Waals surface area contributed by atoms with Crippen LogP contribution in [0.3, 0.4) is 0 Å². The second-order valence-corrected chi connectivity index (χ2v) is 5.83. The van der Waals surface area contributed by atoms with E-state index in [2.05, 4.69) is 40.5 Å². The van der Waals surface area contributed by atoms with E-state index in [4.69, 9.17) is 0 Å². The average molecular weight is 244 g/mol. The molecule has 2 nitrogen and oxygen atoms in total. The molecular formula is C16H24N2. The van der Waals surface area contributed by atoms with E-state index < -0.39 is 0 Å². The summed E-state index contributed by atoms with van der Waals surface area (Å²) in [5.41, 5.74) is 1.46. The minimum atomic E-state index is 0.795. The molecule has 0 bridgehead atoms. The first kappa shape index (κ1) is 12.2. The molecule has 0 amide bonds. The number of nitrogens with one attached hydrogen (secondary N) is 1. The van der Waals surface area contributed by atoms with Crippen molar-refractivity contribution in [2.24, 2.45) is 5.92 Å². The highest BCUT2D eigenvalue weighted by molar-refractivity contribution is 5.14. The van der Waals surface area contributed by atoms with Gasteiger partial charge < -0.3 is 5.32 Å². The molecular weight excluding hydrogens is 220 g/mol. The molecule has 18 heavy (non-hydrogen) atoms. The summed E-state index contributed by atoms with van der Waals surface area (Å²) in [5.74, 6) is 0.880. The van der Waals surface area contributed by atoms with Gasteiger partial charge in [-0.25, -0.2) is 0 Å². The molecule has 3 rings (SSSR count). The van der Waals surface area contributed by atoms with Crippen molar-refractivity contribution in [2.75, 3.05) is 19.6 Å². The Kier molecular flexibility index (Phi) is 3.96. The molecule has 98 valence electrons. The highest BCUT2D eigenvalue weighted by atomic mass is 15.1. The van der Waals surface area contributed by atoms with Gasteiger partial charge in [0.05, 0.1) is 0 Å².